The summed E-state index contributed by atoms with van der Waals surface area (Å²) in [5, 5.41) is 11.2. The second-order valence-electron chi connectivity index (χ2n) is 8.36. The Balaban J connectivity index is 1.22. The van der Waals surface area contributed by atoms with Crippen LogP contribution in [0.1, 0.15) is 18.4 Å². The minimum Gasteiger partial charge on any atom is -0.471 e. The van der Waals surface area contributed by atoms with Gasteiger partial charge in [0.15, 0.2) is 11.0 Å². The molecule has 2 aliphatic rings. The van der Waals surface area contributed by atoms with Gasteiger partial charge in [0.25, 0.3) is 0 Å². The lowest BCUT2D eigenvalue weighted by Gasteiger charge is -2.15. The Bertz CT molecular complexity index is 1280. The molecule has 1 fully saturated rings. The monoisotopic (exact) mass is 459 g/mol. The molecular weight excluding hydrogens is 434 g/mol. The molecule has 0 aliphatic carbocycles. The highest BCUT2D eigenvalue weighted by atomic mass is 32.2. The van der Waals surface area contributed by atoms with Gasteiger partial charge in [0.1, 0.15) is 6.10 Å². The highest BCUT2D eigenvalue weighted by Crippen LogP contribution is 2.32. The Morgan fingerprint density at radius 3 is 2.79 bits per heavy atom. The zero-order chi connectivity index (χ0) is 22.0. The maximum absolute atomic E-state index is 6.12. The number of ether oxygens (including phenoxy) is 2. The van der Waals surface area contributed by atoms with E-state index in [1.807, 2.05) is 42.6 Å². The molecule has 1 saturated heterocycles. The molecule has 33 heavy (non-hydrogen) atoms. The number of benzene rings is 2. The van der Waals surface area contributed by atoms with Crippen molar-refractivity contribution in [2.24, 2.45) is 4.99 Å². The van der Waals surface area contributed by atoms with Crippen molar-refractivity contribution in [3.05, 3.63) is 66.4 Å². The Morgan fingerprint density at radius 1 is 1.03 bits per heavy atom. The molecule has 0 radical (unpaired) electrons. The van der Waals surface area contributed by atoms with Gasteiger partial charge in [0, 0.05) is 40.6 Å². The number of aromatic nitrogens is 4. The summed E-state index contributed by atoms with van der Waals surface area (Å²) in [6, 6.07) is 18.3. The molecule has 0 spiro atoms. The first-order valence-electron chi connectivity index (χ1n) is 11.4. The van der Waals surface area contributed by atoms with Crippen LogP contribution in [0.4, 0.5) is 0 Å². The first kappa shape index (κ1) is 20.5. The average molecular weight is 460 g/mol. The standard InChI is InChI=1S/C25H25N5O2S/c1-2-7-17(8-3-1)24-27-13-19(32-24)16-33-25-29-28-23(30(25)15-18-9-6-12-31-18)21-14-26-22-11-5-4-10-20(21)22/h1-5,7-8,10-11,14,18-19,26H,6,9,12-13,15-16H2/t18-,19+/m0/s1. The van der Waals surface area contributed by atoms with Gasteiger partial charge >= 0.3 is 0 Å². The predicted molar refractivity (Wildman–Crippen MR) is 130 cm³/mol. The number of para-hydroxylation sites is 1. The Morgan fingerprint density at radius 2 is 1.91 bits per heavy atom. The summed E-state index contributed by atoms with van der Waals surface area (Å²) in [6.07, 6.45) is 4.41. The van der Waals surface area contributed by atoms with Gasteiger partial charge in [0.05, 0.1) is 19.2 Å². The molecule has 6 rings (SSSR count). The molecule has 0 bridgehead atoms. The van der Waals surface area contributed by atoms with E-state index in [2.05, 4.69) is 42.9 Å². The zero-order valence-electron chi connectivity index (χ0n) is 18.2. The smallest absolute Gasteiger partial charge is 0.216 e. The van der Waals surface area contributed by atoms with Crippen LogP contribution in [-0.2, 0) is 16.0 Å². The van der Waals surface area contributed by atoms with E-state index in [0.29, 0.717) is 6.54 Å². The summed E-state index contributed by atoms with van der Waals surface area (Å²) in [6.45, 7) is 2.24. The van der Waals surface area contributed by atoms with Crippen molar-refractivity contribution in [3.8, 4) is 11.4 Å². The van der Waals surface area contributed by atoms with Crippen LogP contribution in [0.25, 0.3) is 22.3 Å². The number of nitrogens with one attached hydrogen (secondary N) is 1. The maximum atomic E-state index is 6.12. The average Bonchev–Trinajstić information content (AvgIpc) is 3.66. The zero-order valence-corrected chi connectivity index (χ0v) is 19.0. The van der Waals surface area contributed by atoms with Gasteiger partial charge in [-0.2, -0.15) is 0 Å². The van der Waals surface area contributed by atoms with E-state index in [1.165, 1.54) is 0 Å². The number of fused-ring (bicyclic) bond motifs is 1. The molecule has 2 aromatic heterocycles. The Labute approximate surface area is 196 Å². The molecule has 7 nitrogen and oxygen atoms in total. The second kappa shape index (κ2) is 9.03. The maximum Gasteiger partial charge on any atom is 0.216 e. The molecule has 2 aromatic carbocycles. The number of aromatic amines is 1. The lowest BCUT2D eigenvalue weighted by Crippen LogP contribution is -2.19. The van der Waals surface area contributed by atoms with E-state index >= 15 is 0 Å². The fraction of sp³-hybridized carbons (Fsp3) is 0.320. The quantitative estimate of drug-likeness (QED) is 0.411. The summed E-state index contributed by atoms with van der Waals surface area (Å²) in [5.41, 5.74) is 3.18. The first-order chi connectivity index (χ1) is 16.3. The fourth-order valence-corrected chi connectivity index (χ4v) is 5.34. The topological polar surface area (TPSA) is 77.3 Å². The molecule has 1 N–H and O–H groups in total. The van der Waals surface area contributed by atoms with E-state index in [9.17, 15) is 0 Å². The summed E-state index contributed by atoms with van der Waals surface area (Å²) < 4.78 is 14.3. The molecule has 2 aliphatic heterocycles. The van der Waals surface area contributed by atoms with Gasteiger partial charge in [-0.05, 0) is 31.0 Å². The normalized spacial score (nSPS) is 20.3. The van der Waals surface area contributed by atoms with Crippen molar-refractivity contribution in [3.63, 3.8) is 0 Å². The van der Waals surface area contributed by atoms with Crippen LogP contribution in [0.2, 0.25) is 0 Å². The third kappa shape index (κ3) is 4.16. The highest BCUT2D eigenvalue weighted by Gasteiger charge is 2.26. The minimum absolute atomic E-state index is 0.0228. The molecule has 0 unspecified atom stereocenters. The van der Waals surface area contributed by atoms with Gasteiger partial charge in [-0.1, -0.05) is 48.2 Å². The number of nitrogens with zero attached hydrogens (tertiary/aromatic N) is 4. The molecule has 2 atom stereocenters. The Hall–Kier alpha value is -3.10. The van der Waals surface area contributed by atoms with Gasteiger partial charge < -0.3 is 14.5 Å². The SMILES string of the molecule is c1ccc(C2=NC[C@H](CSc3nnc(-c4c[nH]c5ccccc45)n3C[C@@H]3CCCO3)O2)cc1. The van der Waals surface area contributed by atoms with Crippen molar-refractivity contribution in [2.45, 2.75) is 36.8 Å². The third-order valence-corrected chi connectivity index (χ3v) is 7.19. The van der Waals surface area contributed by atoms with Crippen LogP contribution in [0.3, 0.4) is 0 Å². The number of rotatable bonds is 7. The van der Waals surface area contributed by atoms with Gasteiger partial charge in [0.2, 0.25) is 5.90 Å². The van der Waals surface area contributed by atoms with E-state index in [0.717, 1.165) is 70.7 Å². The lowest BCUT2D eigenvalue weighted by molar-refractivity contribution is 0.0953. The van der Waals surface area contributed by atoms with Crippen molar-refractivity contribution >= 4 is 28.6 Å². The van der Waals surface area contributed by atoms with E-state index < -0.39 is 0 Å². The summed E-state index contributed by atoms with van der Waals surface area (Å²) in [4.78, 5) is 7.96. The van der Waals surface area contributed by atoms with Crippen LogP contribution in [-0.4, -0.2) is 56.8 Å². The van der Waals surface area contributed by atoms with Crippen LogP contribution in [0.5, 0.6) is 0 Å². The number of aliphatic imine (C=N–C) groups is 1. The molecule has 4 heterocycles. The predicted octanol–water partition coefficient (Wildman–Crippen LogP) is 4.54. The summed E-state index contributed by atoms with van der Waals surface area (Å²) in [7, 11) is 0. The largest absolute Gasteiger partial charge is 0.471 e. The number of hydrogen-bond acceptors (Lipinski definition) is 6. The van der Waals surface area contributed by atoms with Crippen molar-refractivity contribution in [2.75, 3.05) is 18.9 Å². The molecule has 0 saturated carbocycles. The van der Waals surface area contributed by atoms with Crippen LogP contribution < -0.4 is 0 Å². The van der Waals surface area contributed by atoms with Crippen LogP contribution >= 0.6 is 11.8 Å². The summed E-state index contributed by atoms with van der Waals surface area (Å²) in [5.74, 6) is 2.36. The second-order valence-corrected chi connectivity index (χ2v) is 9.35. The van der Waals surface area contributed by atoms with E-state index in [1.54, 1.807) is 11.8 Å². The van der Waals surface area contributed by atoms with Crippen molar-refractivity contribution in [1.82, 2.24) is 19.7 Å². The van der Waals surface area contributed by atoms with Crippen LogP contribution in [0.15, 0.2) is 70.9 Å². The van der Waals surface area contributed by atoms with Crippen molar-refractivity contribution in [1.29, 1.82) is 0 Å². The van der Waals surface area contributed by atoms with Gasteiger partial charge in [-0.3, -0.25) is 4.57 Å². The van der Waals surface area contributed by atoms with Gasteiger partial charge in [-0.25, -0.2) is 4.99 Å². The van der Waals surface area contributed by atoms with E-state index in [-0.39, 0.29) is 12.2 Å². The molecule has 8 heteroatoms. The number of H-pyrrole nitrogens is 1. The Kier molecular flexibility index (Phi) is 5.61. The lowest BCUT2D eigenvalue weighted by atomic mass is 10.1. The third-order valence-electron chi connectivity index (χ3n) is 6.09. The minimum atomic E-state index is 0.0228. The van der Waals surface area contributed by atoms with Crippen molar-refractivity contribution < 1.29 is 9.47 Å². The molecule has 4 aromatic rings. The molecule has 0 amide bonds. The highest BCUT2D eigenvalue weighted by molar-refractivity contribution is 7.99. The van der Waals surface area contributed by atoms with Gasteiger partial charge in [-0.15, -0.1) is 10.2 Å². The number of hydrogen-bond donors (Lipinski definition) is 1. The fourth-order valence-electron chi connectivity index (χ4n) is 4.42. The first-order valence-corrected chi connectivity index (χ1v) is 12.3. The molecule has 168 valence electrons. The summed E-state index contributed by atoms with van der Waals surface area (Å²) >= 11 is 1.67. The number of thioether (sulfide) groups is 1. The molecular formula is C25H25N5O2S. The van der Waals surface area contributed by atoms with E-state index in [4.69, 9.17) is 9.47 Å². The van der Waals surface area contributed by atoms with Crippen LogP contribution in [0, 0.1) is 0 Å².